The summed E-state index contributed by atoms with van der Waals surface area (Å²) in [6, 6.07) is -5.64. The molecule has 6 amide bonds. The van der Waals surface area contributed by atoms with Crippen LogP contribution in [-0.4, -0.2) is 295 Å². The van der Waals surface area contributed by atoms with Crippen molar-refractivity contribution in [2.45, 2.75) is 245 Å². The summed E-state index contributed by atoms with van der Waals surface area (Å²) in [5.41, 5.74) is 42.9. The number of carbonyl (C=O) groups excluding carboxylic acids is 6. The van der Waals surface area contributed by atoms with Gasteiger partial charge in [-0.15, -0.1) is 10.2 Å². The molecular weight excluding hydrogens is 1220 g/mol. The smallest absolute Gasteiger partial charge is 0.242 e. The summed E-state index contributed by atoms with van der Waals surface area (Å²) in [6.07, 6.45) is -9.92. The number of rotatable bonds is 36. The average molecular weight is 1330 g/mol. The third-order valence-electron chi connectivity index (χ3n) is 17.3. The molecular formula is C57H102N18O18. The van der Waals surface area contributed by atoms with Gasteiger partial charge in [-0.1, -0.05) is 37.1 Å². The van der Waals surface area contributed by atoms with E-state index >= 15 is 0 Å². The number of amides is 6. The number of hydrogen-bond acceptors (Lipinski definition) is 28. The second-order valence-electron chi connectivity index (χ2n) is 24.8. The number of aromatic nitrogens is 6. The van der Waals surface area contributed by atoms with Crippen LogP contribution in [0.3, 0.4) is 0 Å². The molecule has 0 spiro atoms. The maximum absolute atomic E-state index is 14.0. The number of aryl methyl sites for hydroxylation is 4. The number of carbonyl (C=O) groups is 6. The molecule has 4 fully saturated rings. The number of hydrogen-bond donors (Lipinski definition) is 17. The zero-order valence-electron chi connectivity index (χ0n) is 53.1. The van der Waals surface area contributed by atoms with Gasteiger partial charge in [0.2, 0.25) is 35.4 Å². The monoisotopic (exact) mass is 1330 g/mol. The number of nitrogens with zero attached hydrogens (tertiary/aromatic N) is 9. The Morgan fingerprint density at radius 1 is 0.516 bits per heavy atom. The summed E-state index contributed by atoms with van der Waals surface area (Å²) in [5.74, 6) is -2.74. The van der Waals surface area contributed by atoms with Gasteiger partial charge >= 0.3 is 0 Å². The van der Waals surface area contributed by atoms with Gasteiger partial charge in [-0.3, -0.25) is 38.1 Å². The lowest BCUT2D eigenvalue weighted by atomic mass is 9.84. The quantitative estimate of drug-likeness (QED) is 0.0282. The molecule has 36 nitrogen and oxygen atoms in total. The average Bonchev–Trinajstić information content (AvgIpc) is 1.27. The van der Waals surface area contributed by atoms with E-state index in [9.17, 15) is 69.6 Å². The number of aliphatic hydroxyl groups is 8. The van der Waals surface area contributed by atoms with Crippen molar-refractivity contribution >= 4 is 35.4 Å². The van der Waals surface area contributed by atoms with Crippen molar-refractivity contribution in [3.05, 3.63) is 23.8 Å². The molecule has 528 valence electrons. The van der Waals surface area contributed by atoms with Crippen molar-refractivity contribution < 1.29 is 88.6 Å². The molecule has 4 heterocycles. The Balaban J connectivity index is 0.911. The zero-order valence-corrected chi connectivity index (χ0v) is 53.1. The Hall–Kier alpha value is -5.62. The van der Waals surface area contributed by atoms with Crippen LogP contribution >= 0.6 is 0 Å². The van der Waals surface area contributed by atoms with E-state index in [0.717, 1.165) is 12.8 Å². The van der Waals surface area contributed by atoms with Gasteiger partial charge in [-0.2, -0.15) is 0 Å². The largest absolute Gasteiger partial charge is 0.389 e. The molecule has 4 aliphatic rings. The Bertz CT molecular complexity index is 2670. The predicted molar refractivity (Wildman–Crippen MR) is 327 cm³/mol. The number of primary amides is 1. The summed E-state index contributed by atoms with van der Waals surface area (Å²) < 4.78 is 26.4. The molecule has 2 aromatic heterocycles. The molecule has 2 saturated heterocycles. The third kappa shape index (κ3) is 22.2. The van der Waals surface area contributed by atoms with Gasteiger partial charge in [-0.05, 0) is 64.2 Å². The van der Waals surface area contributed by atoms with E-state index in [1.807, 2.05) is 13.8 Å². The van der Waals surface area contributed by atoms with E-state index < -0.39 is 152 Å². The molecule has 24 N–H and O–H groups in total. The lowest BCUT2D eigenvalue weighted by Gasteiger charge is -2.45. The van der Waals surface area contributed by atoms with Crippen LogP contribution in [0.15, 0.2) is 12.4 Å². The molecule has 0 aromatic carbocycles. The molecule has 93 heavy (non-hydrogen) atoms. The van der Waals surface area contributed by atoms with Gasteiger partial charge in [0, 0.05) is 102 Å². The first-order valence-corrected chi connectivity index (χ1v) is 32.2. The fourth-order valence-corrected chi connectivity index (χ4v) is 11.7. The lowest BCUT2D eigenvalue weighted by molar-refractivity contribution is -0.288. The van der Waals surface area contributed by atoms with Crippen LogP contribution in [0.5, 0.6) is 0 Å². The van der Waals surface area contributed by atoms with Crippen molar-refractivity contribution in [1.82, 2.24) is 55.3 Å². The van der Waals surface area contributed by atoms with Crippen LogP contribution in [0.2, 0.25) is 0 Å². The lowest BCUT2D eigenvalue weighted by Crippen LogP contribution is -2.67. The first-order chi connectivity index (χ1) is 44.2. The fourth-order valence-electron chi connectivity index (χ4n) is 11.7. The first-order valence-electron chi connectivity index (χ1n) is 32.2. The van der Waals surface area contributed by atoms with Crippen molar-refractivity contribution in [3.8, 4) is 0 Å². The number of unbranched alkanes of at least 4 members (excludes halogenated alkanes) is 2. The number of ether oxygens (including phenoxy) is 4. The standard InChI is InChI=1S/C57H102N18O18/c1-3-5-6-15-41(79)73(18-10-20-75-26-31(68-70-75)12-8-14-40(78)66-24-37-49(85)51(87)45(64)57(91-37)93-55-35(61)22-33(59)47(83)53(55)89)29-42(80)71(16-4-2)28-43(81)72(27-38(62)76)17-9-19-74-25-30(67-69-74)11-7-13-39(77)65-23-36-48(84)50(86)44(63)56(90-36)92-54-34(60)21-32(58)46(82)52(54)88/h25-26,32-37,44-57,82-89H,3-24,27-29,58-61,63-64H2,1-2H3,(H2,62,76)(H,65,77)(H,66,78). The van der Waals surface area contributed by atoms with Crippen molar-refractivity contribution in [2.24, 2.45) is 40.1 Å². The normalized spacial score (nSPS) is 31.4. The highest BCUT2D eigenvalue weighted by molar-refractivity contribution is 5.90. The maximum atomic E-state index is 14.0. The first kappa shape index (κ1) is 76.4. The Morgan fingerprint density at radius 2 is 0.935 bits per heavy atom. The van der Waals surface area contributed by atoms with E-state index in [0.29, 0.717) is 69.3 Å². The Morgan fingerprint density at radius 3 is 1.34 bits per heavy atom. The summed E-state index contributed by atoms with van der Waals surface area (Å²) >= 11 is 0. The summed E-state index contributed by atoms with van der Waals surface area (Å²) in [5, 5.41) is 107. The second kappa shape index (κ2) is 37.0. The molecule has 20 unspecified atom stereocenters. The van der Waals surface area contributed by atoms with Gasteiger partial charge in [-0.25, -0.2) is 0 Å². The molecule has 2 saturated carbocycles. The Labute approximate surface area is 539 Å². The van der Waals surface area contributed by atoms with Crippen molar-refractivity contribution in [1.29, 1.82) is 0 Å². The minimum absolute atomic E-state index is 0.0479. The van der Waals surface area contributed by atoms with Crippen LogP contribution in [0.25, 0.3) is 0 Å². The van der Waals surface area contributed by atoms with Gasteiger partial charge in [0.05, 0.1) is 55.3 Å². The minimum atomic E-state index is -1.52. The van der Waals surface area contributed by atoms with Gasteiger partial charge in [0.25, 0.3) is 0 Å². The second-order valence-corrected chi connectivity index (χ2v) is 24.8. The van der Waals surface area contributed by atoms with Gasteiger partial charge < -0.3 is 125 Å². The zero-order chi connectivity index (χ0) is 68.2. The van der Waals surface area contributed by atoms with Gasteiger partial charge in [0.1, 0.15) is 61.0 Å². The molecule has 0 bridgehead atoms. The van der Waals surface area contributed by atoms with Gasteiger partial charge in [0.15, 0.2) is 12.6 Å². The van der Waals surface area contributed by atoms with Crippen LogP contribution in [0, 0.1) is 0 Å². The highest BCUT2D eigenvalue weighted by atomic mass is 16.7. The summed E-state index contributed by atoms with van der Waals surface area (Å²) in [6.45, 7) is 3.42. The molecule has 2 aromatic rings. The maximum Gasteiger partial charge on any atom is 0.242 e. The van der Waals surface area contributed by atoms with Crippen LogP contribution in [-0.2, 0) is 73.6 Å². The van der Waals surface area contributed by atoms with E-state index in [1.165, 1.54) is 14.7 Å². The van der Waals surface area contributed by atoms with E-state index in [-0.39, 0.29) is 96.3 Å². The molecule has 2 aliphatic heterocycles. The highest BCUT2D eigenvalue weighted by Crippen LogP contribution is 2.29. The highest BCUT2D eigenvalue weighted by Gasteiger charge is 2.50. The summed E-state index contributed by atoms with van der Waals surface area (Å²) in [7, 11) is 0. The number of nitrogens with one attached hydrogen (secondary N) is 2. The molecule has 0 radical (unpaired) electrons. The molecule has 36 heteroatoms. The summed E-state index contributed by atoms with van der Waals surface area (Å²) in [4.78, 5) is 83.6. The SMILES string of the molecule is CCCCCC(=O)N(CCCn1cc(CCCC(=O)NCC2OC(OC3C(N)CC(N)C(O)C3O)C(N)C(O)C2O)nn1)CC(=O)N(CCC)CC(=O)N(CCCn1cc(CCCC(=O)NCC2OC(OC3C(N)CC(N)C(O)C3O)C(N)C(O)C2O)nn1)CC(N)=O. The van der Waals surface area contributed by atoms with Crippen molar-refractivity contribution in [3.63, 3.8) is 0 Å². The van der Waals surface area contributed by atoms with E-state index in [2.05, 4.69) is 31.3 Å². The number of aliphatic hydroxyl groups excluding tert-OH is 8. The molecule has 2 aliphatic carbocycles. The van der Waals surface area contributed by atoms with Crippen LogP contribution in [0.1, 0.15) is 109 Å². The van der Waals surface area contributed by atoms with E-state index in [4.69, 9.17) is 59.1 Å². The third-order valence-corrected chi connectivity index (χ3v) is 17.3. The predicted octanol–water partition coefficient (Wildman–Crippen LogP) is -8.93. The fraction of sp³-hybridized carbons (Fsp3) is 0.825. The molecule has 20 atom stereocenters. The van der Waals surface area contributed by atoms with Crippen LogP contribution < -0.4 is 50.8 Å². The topological polar surface area (TPSA) is 579 Å². The number of nitrogens with two attached hydrogens (primary N) is 7. The Kier molecular flexibility index (Phi) is 30.4. The van der Waals surface area contributed by atoms with Crippen molar-refractivity contribution in [2.75, 3.05) is 52.4 Å². The van der Waals surface area contributed by atoms with E-state index in [1.54, 1.807) is 21.8 Å². The molecule has 6 rings (SSSR count). The van der Waals surface area contributed by atoms with Crippen LogP contribution in [0.4, 0.5) is 0 Å². The minimum Gasteiger partial charge on any atom is -0.389 e.